The fourth-order valence-corrected chi connectivity index (χ4v) is 1.92. The van der Waals surface area contributed by atoms with Gasteiger partial charge in [-0.05, 0) is 43.4 Å². The van der Waals surface area contributed by atoms with Crippen molar-refractivity contribution in [2.45, 2.75) is 38.4 Å². The lowest BCUT2D eigenvalue weighted by Gasteiger charge is -2.15. The molecule has 1 rings (SSSR count). The zero-order chi connectivity index (χ0) is 13.9. The largest absolute Gasteiger partial charge is 0.403 e. The highest BCUT2D eigenvalue weighted by Crippen LogP contribution is 2.24. The normalized spacial score (nSPS) is 13.7. The summed E-state index contributed by atoms with van der Waals surface area (Å²) in [5.74, 6) is -0.493. The van der Waals surface area contributed by atoms with E-state index < -0.39 is 18.0 Å². The Kier molecular flexibility index (Phi) is 4.99. The van der Waals surface area contributed by atoms with Gasteiger partial charge in [0.15, 0.2) is 0 Å². The summed E-state index contributed by atoms with van der Waals surface area (Å²) in [6.07, 6.45) is -3.85. The van der Waals surface area contributed by atoms with Crippen LogP contribution >= 0.6 is 11.6 Å². The van der Waals surface area contributed by atoms with Crippen LogP contribution in [0.2, 0.25) is 5.02 Å². The van der Waals surface area contributed by atoms with Crippen molar-refractivity contribution in [1.82, 2.24) is 0 Å². The van der Waals surface area contributed by atoms with Gasteiger partial charge in [-0.3, -0.25) is 0 Å². The molecular weight excluding hydrogens is 270 g/mol. The van der Waals surface area contributed by atoms with Crippen LogP contribution in [-0.2, 0) is 6.42 Å². The highest BCUT2D eigenvalue weighted by Gasteiger charge is 2.35. The van der Waals surface area contributed by atoms with Crippen molar-refractivity contribution in [3.63, 3.8) is 0 Å². The monoisotopic (exact) mass is 283 g/mol. The van der Waals surface area contributed by atoms with Gasteiger partial charge >= 0.3 is 6.18 Å². The van der Waals surface area contributed by atoms with E-state index in [1.54, 1.807) is 13.0 Å². The Hall–Kier alpha value is -0.810. The Morgan fingerprint density at radius 3 is 2.44 bits per heavy atom. The van der Waals surface area contributed by atoms with E-state index in [4.69, 9.17) is 17.3 Å². The molecular formula is C12H14ClF4N. The molecule has 0 saturated heterocycles. The first kappa shape index (κ1) is 15.2. The molecule has 2 N–H and O–H groups in total. The molecule has 18 heavy (non-hydrogen) atoms. The van der Waals surface area contributed by atoms with Crippen molar-refractivity contribution < 1.29 is 17.6 Å². The van der Waals surface area contributed by atoms with Crippen molar-refractivity contribution in [3.8, 4) is 0 Å². The topological polar surface area (TPSA) is 26.0 Å². The van der Waals surface area contributed by atoms with Gasteiger partial charge in [0.1, 0.15) is 11.9 Å². The van der Waals surface area contributed by atoms with Crippen LogP contribution in [0.1, 0.15) is 24.0 Å². The van der Waals surface area contributed by atoms with Gasteiger partial charge in [-0.25, -0.2) is 4.39 Å². The van der Waals surface area contributed by atoms with Crippen LogP contribution in [-0.4, -0.2) is 12.2 Å². The first-order valence-corrected chi connectivity index (χ1v) is 5.86. The van der Waals surface area contributed by atoms with Crippen LogP contribution in [0.4, 0.5) is 17.6 Å². The Bertz CT molecular complexity index is 394. The van der Waals surface area contributed by atoms with E-state index in [2.05, 4.69) is 0 Å². The van der Waals surface area contributed by atoms with Crippen molar-refractivity contribution in [2.24, 2.45) is 5.73 Å². The quantitative estimate of drug-likeness (QED) is 0.831. The number of hydrogen-bond donors (Lipinski definition) is 1. The van der Waals surface area contributed by atoms with E-state index in [0.717, 1.165) is 0 Å². The van der Waals surface area contributed by atoms with E-state index in [-0.39, 0.29) is 17.9 Å². The summed E-state index contributed by atoms with van der Waals surface area (Å²) < 4.78 is 49.7. The van der Waals surface area contributed by atoms with Gasteiger partial charge in [0, 0.05) is 0 Å². The van der Waals surface area contributed by atoms with Crippen molar-refractivity contribution in [3.05, 3.63) is 34.1 Å². The van der Waals surface area contributed by atoms with Crippen LogP contribution in [0.5, 0.6) is 0 Å². The van der Waals surface area contributed by atoms with Crippen molar-refractivity contribution >= 4 is 11.6 Å². The standard InChI is InChI=1S/C12H14ClF4N/c1-7-5-8(6-9(13)11(7)14)3-2-4-10(18)12(15,16)17/h5-6,10H,2-4,18H2,1H3. The van der Waals surface area contributed by atoms with E-state index in [0.29, 0.717) is 17.5 Å². The molecule has 0 heterocycles. The Morgan fingerprint density at radius 1 is 1.33 bits per heavy atom. The predicted molar refractivity (Wildman–Crippen MR) is 63.1 cm³/mol. The van der Waals surface area contributed by atoms with Gasteiger partial charge in [-0.2, -0.15) is 13.2 Å². The van der Waals surface area contributed by atoms with Crippen molar-refractivity contribution in [2.75, 3.05) is 0 Å². The summed E-state index contributed by atoms with van der Waals surface area (Å²) in [6.45, 7) is 1.56. The SMILES string of the molecule is Cc1cc(CCCC(N)C(F)(F)F)cc(Cl)c1F. The van der Waals surface area contributed by atoms with Crippen LogP contribution in [0, 0.1) is 12.7 Å². The molecule has 0 aliphatic carbocycles. The van der Waals surface area contributed by atoms with Crippen molar-refractivity contribution in [1.29, 1.82) is 0 Å². The molecule has 6 heteroatoms. The molecule has 1 aromatic carbocycles. The highest BCUT2D eigenvalue weighted by atomic mass is 35.5. The molecule has 102 valence electrons. The molecule has 0 aromatic heterocycles. The van der Waals surface area contributed by atoms with Gasteiger partial charge in [-0.15, -0.1) is 0 Å². The van der Waals surface area contributed by atoms with Crippen LogP contribution in [0.25, 0.3) is 0 Å². The summed E-state index contributed by atoms with van der Waals surface area (Å²) >= 11 is 5.65. The Balaban J connectivity index is 2.55. The zero-order valence-corrected chi connectivity index (χ0v) is 10.6. The molecule has 1 unspecified atom stereocenters. The number of aryl methyl sites for hydroxylation is 2. The lowest BCUT2D eigenvalue weighted by atomic mass is 10.0. The Morgan fingerprint density at radius 2 is 1.94 bits per heavy atom. The molecule has 1 atom stereocenters. The second-order valence-corrected chi connectivity index (χ2v) is 4.66. The number of halogens is 5. The molecule has 1 aromatic rings. The molecule has 0 fully saturated rings. The number of nitrogens with two attached hydrogens (primary N) is 1. The van der Waals surface area contributed by atoms with E-state index in [9.17, 15) is 17.6 Å². The smallest absolute Gasteiger partial charge is 0.320 e. The third-order valence-electron chi connectivity index (χ3n) is 2.67. The van der Waals surface area contributed by atoms with Crippen LogP contribution in [0.3, 0.4) is 0 Å². The molecule has 0 aliphatic rings. The molecule has 0 aliphatic heterocycles. The highest BCUT2D eigenvalue weighted by molar-refractivity contribution is 6.30. The lowest BCUT2D eigenvalue weighted by Crippen LogP contribution is -2.37. The average Bonchev–Trinajstić information content (AvgIpc) is 2.24. The van der Waals surface area contributed by atoms with Gasteiger partial charge in [0.25, 0.3) is 0 Å². The molecule has 0 bridgehead atoms. The molecule has 0 amide bonds. The molecule has 0 saturated carbocycles. The minimum atomic E-state index is -4.36. The number of hydrogen-bond acceptors (Lipinski definition) is 1. The molecule has 0 spiro atoms. The third kappa shape index (κ3) is 4.14. The third-order valence-corrected chi connectivity index (χ3v) is 2.95. The minimum absolute atomic E-state index is 0.00915. The van der Waals surface area contributed by atoms with E-state index in [1.165, 1.54) is 6.07 Å². The van der Waals surface area contributed by atoms with Gasteiger partial charge in [0.05, 0.1) is 5.02 Å². The first-order valence-electron chi connectivity index (χ1n) is 5.48. The first-order chi connectivity index (χ1) is 8.21. The Labute approximate surface area is 108 Å². The number of rotatable bonds is 4. The van der Waals surface area contributed by atoms with E-state index in [1.807, 2.05) is 0 Å². The predicted octanol–water partition coefficient (Wildman–Crippen LogP) is 4.00. The summed E-state index contributed by atoms with van der Waals surface area (Å²) in [5, 5.41) is -0.00915. The fraction of sp³-hybridized carbons (Fsp3) is 0.500. The van der Waals surface area contributed by atoms with Gasteiger partial charge in [-0.1, -0.05) is 17.7 Å². The van der Waals surface area contributed by atoms with Gasteiger partial charge in [0.2, 0.25) is 0 Å². The summed E-state index contributed by atoms with van der Waals surface area (Å²) in [6, 6.07) is 1.21. The number of benzene rings is 1. The maximum Gasteiger partial charge on any atom is 0.403 e. The minimum Gasteiger partial charge on any atom is -0.320 e. The van der Waals surface area contributed by atoms with Crippen LogP contribution in [0.15, 0.2) is 12.1 Å². The zero-order valence-electron chi connectivity index (χ0n) is 9.82. The summed E-state index contributed by atoms with van der Waals surface area (Å²) in [5.41, 5.74) is 6.09. The average molecular weight is 284 g/mol. The maximum absolute atomic E-state index is 13.2. The second-order valence-electron chi connectivity index (χ2n) is 4.25. The number of alkyl halides is 3. The summed E-state index contributed by atoms with van der Waals surface area (Å²) in [7, 11) is 0. The van der Waals surface area contributed by atoms with E-state index >= 15 is 0 Å². The van der Waals surface area contributed by atoms with Gasteiger partial charge < -0.3 is 5.73 Å². The second kappa shape index (κ2) is 5.89. The summed E-state index contributed by atoms with van der Waals surface area (Å²) in [4.78, 5) is 0. The molecule has 1 nitrogen and oxygen atoms in total. The molecule has 0 radical (unpaired) electrons. The lowest BCUT2D eigenvalue weighted by molar-refractivity contribution is -0.149. The van der Waals surface area contributed by atoms with Crippen LogP contribution < -0.4 is 5.73 Å². The maximum atomic E-state index is 13.2. The fourth-order valence-electron chi connectivity index (χ4n) is 1.63.